The SMILES string of the molecule is OCc1cccc(-c2ccc(N3CCOCC3)nc2)c1. The van der Waals surface area contributed by atoms with Crippen molar-refractivity contribution in [2.24, 2.45) is 0 Å². The lowest BCUT2D eigenvalue weighted by Crippen LogP contribution is -2.36. The van der Waals surface area contributed by atoms with Crippen molar-refractivity contribution in [2.75, 3.05) is 31.2 Å². The van der Waals surface area contributed by atoms with Crippen LogP contribution in [-0.2, 0) is 11.3 Å². The van der Waals surface area contributed by atoms with Gasteiger partial charge in [0.1, 0.15) is 5.82 Å². The van der Waals surface area contributed by atoms with Gasteiger partial charge in [-0.05, 0) is 29.3 Å². The maximum absolute atomic E-state index is 9.19. The molecule has 104 valence electrons. The fourth-order valence-electron chi connectivity index (χ4n) is 2.39. The molecule has 20 heavy (non-hydrogen) atoms. The molecule has 1 fully saturated rings. The van der Waals surface area contributed by atoms with Gasteiger partial charge in [0.05, 0.1) is 19.8 Å². The normalized spacial score (nSPS) is 15.3. The third kappa shape index (κ3) is 2.81. The Bertz CT molecular complexity index is 563. The molecule has 0 amide bonds. The summed E-state index contributed by atoms with van der Waals surface area (Å²) in [5, 5.41) is 9.19. The summed E-state index contributed by atoms with van der Waals surface area (Å²) in [7, 11) is 0. The number of hydrogen-bond acceptors (Lipinski definition) is 4. The summed E-state index contributed by atoms with van der Waals surface area (Å²) >= 11 is 0. The van der Waals surface area contributed by atoms with Gasteiger partial charge in [0.25, 0.3) is 0 Å². The summed E-state index contributed by atoms with van der Waals surface area (Å²) in [6.45, 7) is 3.38. The van der Waals surface area contributed by atoms with E-state index in [1.165, 1.54) is 0 Å². The van der Waals surface area contributed by atoms with E-state index in [-0.39, 0.29) is 6.61 Å². The van der Waals surface area contributed by atoms with E-state index in [1.54, 1.807) is 0 Å². The largest absolute Gasteiger partial charge is 0.392 e. The van der Waals surface area contributed by atoms with Crippen LogP contribution in [0.15, 0.2) is 42.6 Å². The molecular weight excluding hydrogens is 252 g/mol. The van der Waals surface area contributed by atoms with Crippen molar-refractivity contribution in [2.45, 2.75) is 6.61 Å². The smallest absolute Gasteiger partial charge is 0.128 e. The van der Waals surface area contributed by atoms with E-state index in [2.05, 4.69) is 16.0 Å². The Morgan fingerprint density at radius 1 is 1.10 bits per heavy atom. The minimum atomic E-state index is 0.0626. The molecule has 1 aliphatic rings. The number of aromatic nitrogens is 1. The molecule has 0 unspecified atom stereocenters. The summed E-state index contributed by atoms with van der Waals surface area (Å²) in [5.41, 5.74) is 3.06. The third-order valence-corrected chi connectivity index (χ3v) is 3.53. The summed E-state index contributed by atoms with van der Waals surface area (Å²) in [6.07, 6.45) is 1.89. The molecule has 0 aliphatic carbocycles. The van der Waals surface area contributed by atoms with Crippen molar-refractivity contribution < 1.29 is 9.84 Å². The Balaban J connectivity index is 1.81. The first-order chi connectivity index (χ1) is 9.86. The third-order valence-electron chi connectivity index (χ3n) is 3.53. The zero-order valence-electron chi connectivity index (χ0n) is 11.3. The second-order valence-electron chi connectivity index (χ2n) is 4.86. The highest BCUT2D eigenvalue weighted by Crippen LogP contribution is 2.22. The number of rotatable bonds is 3. The standard InChI is InChI=1S/C16H18N2O2/c19-12-13-2-1-3-14(10-13)15-4-5-16(17-11-15)18-6-8-20-9-7-18/h1-5,10-11,19H,6-9,12H2. The zero-order valence-corrected chi connectivity index (χ0v) is 11.3. The van der Waals surface area contributed by atoms with Crippen LogP contribution in [0.4, 0.5) is 5.82 Å². The first-order valence-electron chi connectivity index (χ1n) is 6.86. The van der Waals surface area contributed by atoms with Crippen molar-refractivity contribution in [3.8, 4) is 11.1 Å². The van der Waals surface area contributed by atoms with Crippen LogP contribution in [0.2, 0.25) is 0 Å². The second-order valence-corrected chi connectivity index (χ2v) is 4.86. The number of pyridine rings is 1. The first-order valence-corrected chi connectivity index (χ1v) is 6.86. The second kappa shape index (κ2) is 6.03. The van der Waals surface area contributed by atoms with Crippen LogP contribution < -0.4 is 4.90 Å². The van der Waals surface area contributed by atoms with E-state index in [0.717, 1.165) is 48.8 Å². The van der Waals surface area contributed by atoms with Gasteiger partial charge in [-0.3, -0.25) is 0 Å². The van der Waals surface area contributed by atoms with Gasteiger partial charge in [-0.1, -0.05) is 18.2 Å². The lowest BCUT2D eigenvalue weighted by Gasteiger charge is -2.27. The number of aliphatic hydroxyl groups is 1. The molecule has 4 nitrogen and oxygen atoms in total. The zero-order chi connectivity index (χ0) is 13.8. The monoisotopic (exact) mass is 270 g/mol. The van der Waals surface area contributed by atoms with Gasteiger partial charge < -0.3 is 14.7 Å². The van der Waals surface area contributed by atoms with Crippen LogP contribution in [0.3, 0.4) is 0 Å². The Labute approximate surface area is 118 Å². The molecule has 2 aromatic rings. The van der Waals surface area contributed by atoms with Crippen LogP contribution >= 0.6 is 0 Å². The van der Waals surface area contributed by atoms with Crippen molar-refractivity contribution >= 4 is 5.82 Å². The number of ether oxygens (including phenoxy) is 1. The van der Waals surface area contributed by atoms with Crippen LogP contribution in [0, 0.1) is 0 Å². The maximum atomic E-state index is 9.19. The predicted molar refractivity (Wildman–Crippen MR) is 78.6 cm³/mol. The molecule has 0 spiro atoms. The van der Waals surface area contributed by atoms with Crippen LogP contribution in [0.25, 0.3) is 11.1 Å². The fraction of sp³-hybridized carbons (Fsp3) is 0.312. The highest BCUT2D eigenvalue weighted by atomic mass is 16.5. The minimum Gasteiger partial charge on any atom is -0.392 e. The molecule has 1 aromatic heterocycles. The van der Waals surface area contributed by atoms with Gasteiger partial charge in [0, 0.05) is 24.8 Å². The van der Waals surface area contributed by atoms with Crippen LogP contribution in [-0.4, -0.2) is 36.4 Å². The Morgan fingerprint density at radius 3 is 2.65 bits per heavy atom. The lowest BCUT2D eigenvalue weighted by molar-refractivity contribution is 0.122. The number of benzene rings is 1. The lowest BCUT2D eigenvalue weighted by atomic mass is 10.1. The van der Waals surface area contributed by atoms with E-state index in [0.29, 0.717) is 0 Å². The summed E-state index contributed by atoms with van der Waals surface area (Å²) in [6, 6.07) is 12.0. The van der Waals surface area contributed by atoms with E-state index < -0.39 is 0 Å². The van der Waals surface area contributed by atoms with Crippen molar-refractivity contribution in [1.82, 2.24) is 4.98 Å². The highest BCUT2D eigenvalue weighted by Gasteiger charge is 2.12. The van der Waals surface area contributed by atoms with Gasteiger partial charge in [0.2, 0.25) is 0 Å². The van der Waals surface area contributed by atoms with E-state index in [1.807, 2.05) is 36.5 Å². The summed E-state index contributed by atoms with van der Waals surface area (Å²) < 4.78 is 5.35. The molecule has 3 rings (SSSR count). The molecule has 0 radical (unpaired) electrons. The molecule has 0 bridgehead atoms. The van der Waals surface area contributed by atoms with Crippen molar-refractivity contribution in [3.05, 3.63) is 48.2 Å². The Kier molecular flexibility index (Phi) is 3.95. The van der Waals surface area contributed by atoms with Gasteiger partial charge in [-0.15, -0.1) is 0 Å². The predicted octanol–water partition coefficient (Wildman–Crippen LogP) is 2.08. The molecule has 1 N–H and O–H groups in total. The molecule has 4 heteroatoms. The number of nitrogens with zero attached hydrogens (tertiary/aromatic N) is 2. The summed E-state index contributed by atoms with van der Waals surface area (Å²) in [4.78, 5) is 6.78. The molecule has 0 saturated carbocycles. The molecule has 1 saturated heterocycles. The quantitative estimate of drug-likeness (QED) is 0.927. The van der Waals surface area contributed by atoms with Crippen molar-refractivity contribution in [3.63, 3.8) is 0 Å². The number of hydrogen-bond donors (Lipinski definition) is 1. The van der Waals surface area contributed by atoms with Gasteiger partial charge >= 0.3 is 0 Å². The Hall–Kier alpha value is -1.91. The number of anilines is 1. The molecular formula is C16H18N2O2. The first kappa shape index (κ1) is 13.1. The molecule has 1 aromatic carbocycles. The number of morpholine rings is 1. The summed E-state index contributed by atoms with van der Waals surface area (Å²) in [5.74, 6) is 0.996. The van der Waals surface area contributed by atoms with Gasteiger partial charge in [-0.2, -0.15) is 0 Å². The minimum absolute atomic E-state index is 0.0626. The van der Waals surface area contributed by atoms with Crippen LogP contribution in [0.5, 0.6) is 0 Å². The van der Waals surface area contributed by atoms with E-state index in [9.17, 15) is 5.11 Å². The highest BCUT2D eigenvalue weighted by molar-refractivity contribution is 5.64. The van der Waals surface area contributed by atoms with Gasteiger partial charge in [0.15, 0.2) is 0 Å². The molecule has 0 atom stereocenters. The van der Waals surface area contributed by atoms with Crippen molar-refractivity contribution in [1.29, 1.82) is 0 Å². The van der Waals surface area contributed by atoms with Gasteiger partial charge in [-0.25, -0.2) is 4.98 Å². The molecule has 1 aliphatic heterocycles. The average molecular weight is 270 g/mol. The topological polar surface area (TPSA) is 45.6 Å². The van der Waals surface area contributed by atoms with Crippen LogP contribution in [0.1, 0.15) is 5.56 Å². The average Bonchev–Trinajstić information content (AvgIpc) is 2.56. The van der Waals surface area contributed by atoms with E-state index in [4.69, 9.17) is 4.74 Å². The molecule has 2 heterocycles. The maximum Gasteiger partial charge on any atom is 0.128 e. The van der Waals surface area contributed by atoms with E-state index >= 15 is 0 Å². The fourth-order valence-corrected chi connectivity index (χ4v) is 2.39. The number of aliphatic hydroxyl groups excluding tert-OH is 1. The Morgan fingerprint density at radius 2 is 1.95 bits per heavy atom.